The Bertz CT molecular complexity index is 1360. The Labute approximate surface area is 192 Å². The molecule has 0 spiro atoms. The summed E-state index contributed by atoms with van der Waals surface area (Å²) >= 11 is 9.80. The summed E-state index contributed by atoms with van der Waals surface area (Å²) in [6.07, 6.45) is 0. The van der Waals surface area contributed by atoms with Gasteiger partial charge in [0.25, 0.3) is 11.2 Å². The highest BCUT2D eigenvalue weighted by atomic mass is 35.5. The number of nitro benzene ring substituents is 1. The number of hydrogen-bond acceptors (Lipinski definition) is 8. The van der Waals surface area contributed by atoms with Crippen molar-refractivity contribution in [1.82, 2.24) is 9.55 Å². The predicted molar refractivity (Wildman–Crippen MR) is 126 cm³/mol. The van der Waals surface area contributed by atoms with Gasteiger partial charge in [-0.1, -0.05) is 29.4 Å². The Balaban J connectivity index is 1.55. The summed E-state index contributed by atoms with van der Waals surface area (Å²) in [7, 11) is 1.61. The lowest BCUT2D eigenvalue weighted by Gasteiger charge is -2.09. The maximum atomic E-state index is 12.9. The van der Waals surface area contributed by atoms with Gasteiger partial charge in [0, 0.05) is 34.0 Å². The second kappa shape index (κ2) is 8.79. The van der Waals surface area contributed by atoms with E-state index in [1.54, 1.807) is 18.4 Å². The van der Waals surface area contributed by atoms with Crippen LogP contribution < -0.4 is 10.9 Å². The Kier molecular flexibility index (Phi) is 6.10. The first-order valence-corrected chi connectivity index (χ1v) is 11.9. The predicted octanol–water partition coefficient (Wildman–Crippen LogP) is 5.02. The van der Waals surface area contributed by atoms with Crippen LogP contribution in [-0.4, -0.2) is 26.1 Å². The first-order valence-electron chi connectivity index (χ1n) is 8.74. The van der Waals surface area contributed by atoms with E-state index in [1.807, 2.05) is 22.9 Å². The topological polar surface area (TPSA) is 107 Å². The van der Waals surface area contributed by atoms with Gasteiger partial charge in [-0.15, -0.1) is 22.7 Å². The third-order valence-corrected chi connectivity index (χ3v) is 7.36. The first-order chi connectivity index (χ1) is 14.8. The minimum absolute atomic E-state index is 0.0520. The van der Waals surface area contributed by atoms with Crippen molar-refractivity contribution in [2.75, 3.05) is 11.1 Å². The summed E-state index contributed by atoms with van der Waals surface area (Å²) in [6.45, 7) is 0. The minimum atomic E-state index is -0.615. The fourth-order valence-electron chi connectivity index (χ4n) is 2.87. The molecule has 0 bridgehead atoms. The number of aromatic nitrogens is 2. The Morgan fingerprint density at radius 2 is 2.16 bits per heavy atom. The van der Waals surface area contributed by atoms with Crippen LogP contribution in [0.4, 0.5) is 11.4 Å². The Morgan fingerprint density at radius 3 is 2.87 bits per heavy atom. The van der Waals surface area contributed by atoms with Crippen LogP contribution >= 0.6 is 46.0 Å². The van der Waals surface area contributed by atoms with Crippen molar-refractivity contribution in [1.29, 1.82) is 0 Å². The lowest BCUT2D eigenvalue weighted by atomic mass is 10.2. The largest absolute Gasteiger partial charge is 0.320 e. The highest BCUT2D eigenvalue weighted by Crippen LogP contribution is 2.34. The second-order valence-corrected chi connectivity index (χ2v) is 9.51. The van der Waals surface area contributed by atoms with E-state index >= 15 is 0 Å². The van der Waals surface area contributed by atoms with E-state index in [0.717, 1.165) is 22.2 Å². The molecule has 0 atom stereocenters. The molecule has 0 radical (unpaired) electrons. The molecule has 0 saturated carbocycles. The molecule has 0 saturated heterocycles. The molecule has 0 fully saturated rings. The number of carbonyl (C=O) groups excluding carboxylic acids is 1. The van der Waals surface area contributed by atoms with Gasteiger partial charge in [0.2, 0.25) is 5.91 Å². The molecule has 4 rings (SSSR count). The van der Waals surface area contributed by atoms with E-state index in [2.05, 4.69) is 10.3 Å². The molecule has 3 heterocycles. The van der Waals surface area contributed by atoms with Crippen LogP contribution in [0.25, 0.3) is 20.7 Å². The molecule has 0 aliphatic carbocycles. The number of rotatable bonds is 6. The quantitative estimate of drug-likeness (QED) is 0.175. The van der Waals surface area contributed by atoms with Crippen LogP contribution in [0.1, 0.15) is 0 Å². The Hall–Kier alpha value is -2.73. The average Bonchev–Trinajstić information content (AvgIpc) is 3.40. The van der Waals surface area contributed by atoms with Crippen LogP contribution in [-0.2, 0) is 11.8 Å². The summed E-state index contributed by atoms with van der Waals surface area (Å²) in [4.78, 5) is 42.0. The summed E-state index contributed by atoms with van der Waals surface area (Å²) in [5, 5.41) is 18.7. The van der Waals surface area contributed by atoms with E-state index in [0.29, 0.717) is 15.4 Å². The number of thioether (sulfide) groups is 1. The summed E-state index contributed by atoms with van der Waals surface area (Å²) in [5.41, 5.74) is 0.423. The molecular weight excluding hydrogens is 480 g/mol. The van der Waals surface area contributed by atoms with Crippen LogP contribution in [0.5, 0.6) is 0 Å². The van der Waals surface area contributed by atoms with E-state index in [-0.39, 0.29) is 27.7 Å². The molecule has 1 N–H and O–H groups in total. The molecule has 4 aromatic rings. The maximum Gasteiger partial charge on any atom is 0.294 e. The number of thiophene rings is 2. The summed E-state index contributed by atoms with van der Waals surface area (Å²) < 4.78 is 1.41. The Morgan fingerprint density at radius 1 is 1.35 bits per heavy atom. The van der Waals surface area contributed by atoms with Gasteiger partial charge in [0.15, 0.2) is 5.16 Å². The van der Waals surface area contributed by atoms with Crippen LogP contribution in [0.3, 0.4) is 0 Å². The number of nitrogens with one attached hydrogen (secondary N) is 1. The zero-order valence-corrected chi connectivity index (χ0v) is 19.0. The van der Waals surface area contributed by atoms with Gasteiger partial charge in [0.05, 0.1) is 16.1 Å². The van der Waals surface area contributed by atoms with Crippen molar-refractivity contribution in [2.45, 2.75) is 5.16 Å². The number of halogens is 1. The number of amides is 1. The lowest BCUT2D eigenvalue weighted by Crippen LogP contribution is -2.21. The van der Waals surface area contributed by atoms with Gasteiger partial charge in [-0.25, -0.2) is 4.98 Å². The van der Waals surface area contributed by atoms with E-state index in [9.17, 15) is 19.7 Å². The van der Waals surface area contributed by atoms with Crippen molar-refractivity contribution in [2.24, 2.45) is 7.05 Å². The van der Waals surface area contributed by atoms with Crippen LogP contribution in [0.15, 0.2) is 51.0 Å². The monoisotopic (exact) mass is 492 g/mol. The molecule has 8 nitrogen and oxygen atoms in total. The van der Waals surface area contributed by atoms with Gasteiger partial charge < -0.3 is 5.32 Å². The van der Waals surface area contributed by atoms with Gasteiger partial charge in [0.1, 0.15) is 10.5 Å². The zero-order valence-electron chi connectivity index (χ0n) is 15.8. The van der Waals surface area contributed by atoms with E-state index < -0.39 is 10.8 Å². The number of benzene rings is 1. The zero-order chi connectivity index (χ0) is 22.1. The number of carbonyl (C=O) groups is 1. The van der Waals surface area contributed by atoms with Crippen LogP contribution in [0, 0.1) is 10.1 Å². The molecule has 0 aliphatic rings. The van der Waals surface area contributed by atoms with Crippen molar-refractivity contribution in [3.8, 4) is 10.4 Å². The molecule has 1 amide bonds. The highest BCUT2D eigenvalue weighted by molar-refractivity contribution is 7.99. The fraction of sp³-hybridized carbons (Fsp3) is 0.105. The van der Waals surface area contributed by atoms with Gasteiger partial charge in [-0.2, -0.15) is 0 Å². The molecule has 158 valence electrons. The smallest absolute Gasteiger partial charge is 0.294 e. The van der Waals surface area contributed by atoms with Crippen LogP contribution in [0.2, 0.25) is 5.02 Å². The lowest BCUT2D eigenvalue weighted by molar-refractivity contribution is -0.383. The minimum Gasteiger partial charge on any atom is -0.320 e. The molecule has 12 heteroatoms. The molecule has 31 heavy (non-hydrogen) atoms. The third-order valence-electron chi connectivity index (χ3n) is 4.32. The summed E-state index contributed by atoms with van der Waals surface area (Å²) in [5.74, 6) is -0.537. The highest BCUT2D eigenvalue weighted by Gasteiger charge is 2.19. The van der Waals surface area contributed by atoms with Gasteiger partial charge in [-0.3, -0.25) is 24.3 Å². The number of nitro groups is 1. The average molecular weight is 493 g/mol. The standard InChI is InChI=1S/C19H13ClN4O4S3/c1-23-18(26)16-11(14-3-2-6-29-14)8-30-17(16)22-19(23)31-9-15(25)21-12-5-4-10(20)7-13(12)24(27)28/h2-8H,9H2,1H3,(H,21,25). The van der Waals surface area contributed by atoms with Gasteiger partial charge >= 0.3 is 0 Å². The molecule has 0 aliphatic heterocycles. The molecule has 1 aromatic carbocycles. The second-order valence-electron chi connectivity index (χ2n) is 6.32. The number of anilines is 1. The van der Waals surface area contributed by atoms with Crippen molar-refractivity contribution in [3.05, 3.63) is 66.6 Å². The van der Waals surface area contributed by atoms with Gasteiger partial charge in [-0.05, 0) is 23.6 Å². The van der Waals surface area contributed by atoms with E-state index in [4.69, 9.17) is 11.6 Å². The number of hydrogen-bond donors (Lipinski definition) is 1. The SMILES string of the molecule is Cn1c(SCC(=O)Nc2ccc(Cl)cc2[N+](=O)[O-])nc2scc(-c3cccs3)c2c1=O. The van der Waals surface area contributed by atoms with Crippen molar-refractivity contribution >= 4 is 73.5 Å². The molecular formula is C19H13ClN4O4S3. The number of nitrogens with zero attached hydrogens (tertiary/aromatic N) is 3. The summed E-state index contributed by atoms with van der Waals surface area (Å²) in [6, 6.07) is 7.88. The fourth-order valence-corrected chi connectivity index (χ4v) is 5.61. The number of fused-ring (bicyclic) bond motifs is 1. The molecule has 3 aromatic heterocycles. The van der Waals surface area contributed by atoms with Crippen molar-refractivity contribution in [3.63, 3.8) is 0 Å². The normalized spacial score (nSPS) is 11.0. The van der Waals surface area contributed by atoms with Crippen molar-refractivity contribution < 1.29 is 9.72 Å². The van der Waals surface area contributed by atoms with E-state index in [1.165, 1.54) is 34.1 Å². The third kappa shape index (κ3) is 4.35. The molecule has 0 unspecified atom stereocenters. The maximum absolute atomic E-state index is 12.9. The first kappa shape index (κ1) is 21.5.